The molecule has 0 aliphatic carbocycles. The number of benzene rings is 3. The minimum absolute atomic E-state index is 0.0883. The van der Waals surface area contributed by atoms with Crippen LogP contribution in [0.2, 0.25) is 0 Å². The van der Waals surface area contributed by atoms with Gasteiger partial charge in [0.25, 0.3) is 0 Å². The molecule has 0 spiro atoms. The van der Waals surface area contributed by atoms with E-state index in [4.69, 9.17) is 9.47 Å². The van der Waals surface area contributed by atoms with Crippen LogP contribution in [-0.2, 0) is 38.1 Å². The lowest BCUT2D eigenvalue weighted by Gasteiger charge is -2.13. The molecule has 3 aromatic carbocycles. The molecule has 0 aromatic heterocycles. The van der Waals surface area contributed by atoms with Crippen LogP contribution in [0.3, 0.4) is 0 Å². The predicted molar refractivity (Wildman–Crippen MR) is 132 cm³/mol. The molecule has 7 nitrogen and oxygen atoms in total. The van der Waals surface area contributed by atoms with Crippen molar-refractivity contribution in [3.8, 4) is 5.75 Å². The molecule has 0 aliphatic heterocycles. The molecule has 0 saturated carbocycles. The molecule has 0 saturated heterocycles. The van der Waals surface area contributed by atoms with E-state index in [1.165, 1.54) is 0 Å². The molecule has 0 radical (unpaired) electrons. The summed E-state index contributed by atoms with van der Waals surface area (Å²) in [7, 11) is -3.52. The summed E-state index contributed by atoms with van der Waals surface area (Å²) in [6.45, 7) is 2.52. The third-order valence-corrected chi connectivity index (χ3v) is 6.31. The van der Waals surface area contributed by atoms with Crippen LogP contribution in [0.5, 0.6) is 5.75 Å². The summed E-state index contributed by atoms with van der Waals surface area (Å²) in [4.78, 5) is 11.2. The van der Waals surface area contributed by atoms with Gasteiger partial charge in [-0.25, -0.2) is 13.2 Å². The predicted octanol–water partition coefficient (Wildman–Crippen LogP) is 4.28. The van der Waals surface area contributed by atoms with Crippen LogP contribution in [0.15, 0.2) is 78.9 Å². The molecular formula is C26H29NO6S. The van der Waals surface area contributed by atoms with E-state index in [0.29, 0.717) is 31.1 Å². The Morgan fingerprint density at radius 3 is 2.32 bits per heavy atom. The zero-order valence-corrected chi connectivity index (χ0v) is 19.8. The van der Waals surface area contributed by atoms with Gasteiger partial charge in [0.15, 0.2) is 6.10 Å². The first-order chi connectivity index (χ1) is 16.3. The van der Waals surface area contributed by atoms with Crippen molar-refractivity contribution in [2.75, 3.05) is 17.9 Å². The second-order valence-electron chi connectivity index (χ2n) is 7.78. The standard InChI is InChI=1S/C26H29NO6S/c1-2-32-25(26(28)29)18-21-11-13-24(14-12-21)33-16-15-20-9-6-10-23(17-20)27-34(30,31)19-22-7-4-3-5-8-22/h3-14,17,25,27H,2,15-16,18-19H2,1H3,(H,28,29). The minimum atomic E-state index is -3.52. The van der Waals surface area contributed by atoms with Crippen molar-refractivity contribution in [3.05, 3.63) is 95.6 Å². The van der Waals surface area contributed by atoms with Gasteiger partial charge in [0.2, 0.25) is 10.0 Å². The number of nitrogens with one attached hydrogen (secondary N) is 1. The zero-order valence-electron chi connectivity index (χ0n) is 19.0. The van der Waals surface area contributed by atoms with E-state index in [9.17, 15) is 18.3 Å². The van der Waals surface area contributed by atoms with Crippen LogP contribution in [0, 0.1) is 0 Å². The molecule has 34 heavy (non-hydrogen) atoms. The van der Waals surface area contributed by atoms with Crippen LogP contribution in [-0.4, -0.2) is 38.8 Å². The lowest BCUT2D eigenvalue weighted by molar-refractivity contribution is -0.149. The fourth-order valence-corrected chi connectivity index (χ4v) is 4.63. The fraction of sp³-hybridized carbons (Fsp3) is 0.269. The number of ether oxygens (including phenoxy) is 2. The highest BCUT2D eigenvalue weighted by Crippen LogP contribution is 2.17. The van der Waals surface area contributed by atoms with Crippen molar-refractivity contribution in [3.63, 3.8) is 0 Å². The van der Waals surface area contributed by atoms with Crippen molar-refractivity contribution in [1.29, 1.82) is 0 Å². The van der Waals surface area contributed by atoms with E-state index < -0.39 is 22.1 Å². The third kappa shape index (κ3) is 8.20. The highest BCUT2D eigenvalue weighted by Gasteiger charge is 2.17. The average molecular weight is 484 g/mol. The molecule has 8 heteroatoms. The summed E-state index contributed by atoms with van der Waals surface area (Å²) < 4.78 is 38.6. The molecule has 2 N–H and O–H groups in total. The van der Waals surface area contributed by atoms with Crippen LogP contribution >= 0.6 is 0 Å². The molecule has 1 unspecified atom stereocenters. The maximum atomic E-state index is 12.5. The Hall–Kier alpha value is -3.36. The number of aliphatic carboxylic acids is 1. The number of carboxylic acids is 1. The average Bonchev–Trinajstić information content (AvgIpc) is 2.80. The van der Waals surface area contributed by atoms with Crippen molar-refractivity contribution in [1.82, 2.24) is 0 Å². The molecule has 1 atom stereocenters. The Bertz CT molecular complexity index is 1160. The SMILES string of the molecule is CCOC(Cc1ccc(OCCc2cccc(NS(=O)(=O)Cc3ccccc3)c2)cc1)C(=O)O. The van der Waals surface area contributed by atoms with Crippen molar-refractivity contribution < 1.29 is 27.8 Å². The quantitative estimate of drug-likeness (QED) is 0.376. The van der Waals surface area contributed by atoms with E-state index in [0.717, 1.165) is 16.7 Å². The molecule has 0 fully saturated rings. The Balaban J connectivity index is 1.50. The maximum Gasteiger partial charge on any atom is 0.333 e. The number of sulfonamides is 1. The van der Waals surface area contributed by atoms with Gasteiger partial charge in [-0.15, -0.1) is 0 Å². The minimum Gasteiger partial charge on any atom is -0.493 e. The van der Waals surface area contributed by atoms with E-state index in [1.807, 2.05) is 42.5 Å². The first kappa shape index (κ1) is 25.3. The van der Waals surface area contributed by atoms with E-state index in [1.54, 1.807) is 43.3 Å². The Morgan fingerprint density at radius 1 is 0.941 bits per heavy atom. The summed E-state index contributed by atoms with van der Waals surface area (Å²) >= 11 is 0. The monoisotopic (exact) mass is 483 g/mol. The van der Waals surface area contributed by atoms with Crippen LogP contribution < -0.4 is 9.46 Å². The number of hydrogen-bond acceptors (Lipinski definition) is 5. The first-order valence-electron chi connectivity index (χ1n) is 11.0. The Morgan fingerprint density at radius 2 is 1.65 bits per heavy atom. The maximum absolute atomic E-state index is 12.5. The highest BCUT2D eigenvalue weighted by molar-refractivity contribution is 7.91. The van der Waals surface area contributed by atoms with Gasteiger partial charge in [0.05, 0.1) is 12.4 Å². The largest absolute Gasteiger partial charge is 0.493 e. The molecule has 0 heterocycles. The Labute approximate surface area is 200 Å². The van der Waals surface area contributed by atoms with Gasteiger partial charge >= 0.3 is 5.97 Å². The molecule has 0 amide bonds. The molecule has 180 valence electrons. The number of anilines is 1. The topological polar surface area (TPSA) is 102 Å². The third-order valence-electron chi connectivity index (χ3n) is 5.05. The summed E-state index contributed by atoms with van der Waals surface area (Å²) in [6.07, 6.45) is 0.0202. The lowest BCUT2D eigenvalue weighted by atomic mass is 10.1. The summed E-state index contributed by atoms with van der Waals surface area (Å²) in [6, 6.07) is 23.5. The number of rotatable bonds is 13. The summed E-state index contributed by atoms with van der Waals surface area (Å²) in [5, 5.41) is 9.21. The summed E-state index contributed by atoms with van der Waals surface area (Å²) in [5.41, 5.74) is 3.03. The summed E-state index contributed by atoms with van der Waals surface area (Å²) in [5.74, 6) is -0.395. The van der Waals surface area contributed by atoms with Crippen molar-refractivity contribution >= 4 is 21.7 Å². The van der Waals surface area contributed by atoms with Gasteiger partial charge in [0, 0.05) is 25.1 Å². The smallest absolute Gasteiger partial charge is 0.333 e. The molecule has 3 rings (SSSR count). The second kappa shape index (κ2) is 12.2. The fourth-order valence-electron chi connectivity index (χ4n) is 3.44. The van der Waals surface area contributed by atoms with Gasteiger partial charge in [-0.2, -0.15) is 0 Å². The van der Waals surface area contributed by atoms with E-state index >= 15 is 0 Å². The van der Waals surface area contributed by atoms with Gasteiger partial charge in [-0.1, -0.05) is 54.6 Å². The molecule has 3 aromatic rings. The van der Waals surface area contributed by atoms with Crippen molar-refractivity contribution in [2.45, 2.75) is 31.6 Å². The van der Waals surface area contributed by atoms with Crippen LogP contribution in [0.1, 0.15) is 23.6 Å². The Kier molecular flexibility index (Phi) is 9.07. The molecular weight excluding hydrogens is 454 g/mol. The van der Waals surface area contributed by atoms with Gasteiger partial charge in [-0.3, -0.25) is 4.72 Å². The number of carbonyl (C=O) groups is 1. The number of carboxylic acid groups (broad SMARTS) is 1. The second-order valence-corrected chi connectivity index (χ2v) is 9.50. The zero-order chi connectivity index (χ0) is 24.4. The normalized spacial score (nSPS) is 12.1. The van der Waals surface area contributed by atoms with Crippen molar-refractivity contribution in [2.24, 2.45) is 0 Å². The first-order valence-corrected chi connectivity index (χ1v) is 12.7. The van der Waals surface area contributed by atoms with Crippen LogP contribution in [0.25, 0.3) is 0 Å². The highest BCUT2D eigenvalue weighted by atomic mass is 32.2. The van der Waals surface area contributed by atoms with Gasteiger partial charge in [0.1, 0.15) is 5.75 Å². The van der Waals surface area contributed by atoms with E-state index in [2.05, 4.69) is 4.72 Å². The lowest BCUT2D eigenvalue weighted by Crippen LogP contribution is -2.26. The molecule has 0 bridgehead atoms. The van der Waals surface area contributed by atoms with Gasteiger partial charge < -0.3 is 14.6 Å². The van der Waals surface area contributed by atoms with Gasteiger partial charge in [-0.05, 0) is 47.9 Å². The number of hydrogen-bond donors (Lipinski definition) is 2. The van der Waals surface area contributed by atoms with Crippen LogP contribution in [0.4, 0.5) is 5.69 Å². The molecule has 0 aliphatic rings. The van der Waals surface area contributed by atoms with E-state index in [-0.39, 0.29) is 12.2 Å².